The lowest BCUT2D eigenvalue weighted by atomic mass is 10.0. The van der Waals surface area contributed by atoms with Gasteiger partial charge in [-0.1, -0.05) is 0 Å². The number of methoxy groups -OCH3 is 1. The number of epoxide rings is 1. The number of halogens is 1. The zero-order valence-electron chi connectivity index (χ0n) is 8.57. The molecular weight excluding hydrogens is 260 g/mol. The summed E-state index contributed by atoms with van der Waals surface area (Å²) < 4.78 is 13.9. The number of fused-ring (bicyclic) bond motifs is 1. The molecule has 5 heteroatoms. The van der Waals surface area contributed by atoms with Crippen LogP contribution in [-0.4, -0.2) is 23.0 Å². The first-order valence-corrected chi connectivity index (χ1v) is 5.96. The monoisotopic (exact) mass is 272 g/mol. The minimum absolute atomic E-state index is 0.0616. The second kappa shape index (κ2) is 3.30. The van der Waals surface area contributed by atoms with Crippen molar-refractivity contribution in [2.75, 3.05) is 7.11 Å². The Morgan fingerprint density at radius 1 is 1.80 bits per heavy atom. The number of rotatable bonds is 3. The molecule has 2 atom stereocenters. The van der Waals surface area contributed by atoms with Crippen LogP contribution in [-0.2, 0) is 21.8 Å². The fourth-order valence-electron chi connectivity index (χ4n) is 2.61. The molecule has 82 valence electrons. The van der Waals surface area contributed by atoms with Crippen LogP contribution in [0.15, 0.2) is 10.7 Å². The third-order valence-electron chi connectivity index (χ3n) is 3.28. The van der Waals surface area contributed by atoms with Gasteiger partial charge in [-0.3, -0.25) is 0 Å². The Hall–Kier alpha value is -0.390. The molecule has 1 saturated carbocycles. The summed E-state index contributed by atoms with van der Waals surface area (Å²) in [6, 6.07) is 0. The topological polar surface area (TPSA) is 39.6 Å². The predicted octanol–water partition coefficient (Wildman–Crippen LogP) is 2.03. The van der Waals surface area contributed by atoms with Gasteiger partial charge < -0.3 is 9.47 Å². The third kappa shape index (κ3) is 1.30. The first-order valence-electron chi connectivity index (χ1n) is 5.16. The number of hydrogen-bond donors (Lipinski definition) is 0. The lowest BCUT2D eigenvalue weighted by molar-refractivity contribution is 0.111. The highest BCUT2D eigenvalue weighted by atomic mass is 79.9. The number of nitrogens with zero attached hydrogens (tertiary/aromatic N) is 2. The molecule has 0 amide bonds. The molecule has 1 saturated heterocycles. The molecule has 2 fully saturated rings. The smallest absolute Gasteiger partial charge is 0.139 e. The van der Waals surface area contributed by atoms with E-state index in [1.807, 2.05) is 10.9 Å². The minimum atomic E-state index is -0.0616. The molecule has 1 aromatic heterocycles. The Bertz CT molecular complexity index is 393. The van der Waals surface area contributed by atoms with Crippen molar-refractivity contribution in [2.45, 2.75) is 37.7 Å². The summed E-state index contributed by atoms with van der Waals surface area (Å²) in [5.41, 5.74) is 1.08. The molecule has 0 spiro atoms. The molecule has 0 bridgehead atoms. The molecule has 1 aliphatic heterocycles. The van der Waals surface area contributed by atoms with Crippen molar-refractivity contribution < 1.29 is 9.47 Å². The summed E-state index contributed by atoms with van der Waals surface area (Å²) in [4.78, 5) is 0. The van der Waals surface area contributed by atoms with Crippen molar-refractivity contribution >= 4 is 15.9 Å². The molecule has 0 radical (unpaired) electrons. The average Bonchev–Trinajstić information content (AvgIpc) is 2.58. The van der Waals surface area contributed by atoms with Crippen LogP contribution in [0.5, 0.6) is 0 Å². The van der Waals surface area contributed by atoms with Gasteiger partial charge in [0.25, 0.3) is 0 Å². The fraction of sp³-hybridized carbons (Fsp3) is 0.700. The number of ether oxygens (including phenoxy) is 2. The van der Waals surface area contributed by atoms with E-state index in [0.29, 0.717) is 12.8 Å². The van der Waals surface area contributed by atoms with E-state index < -0.39 is 0 Å². The second-order valence-electron chi connectivity index (χ2n) is 4.15. The Balaban J connectivity index is 1.99. The standard InChI is InChI=1S/C10H13BrN2O2/c1-14-6-13-9(7(11)5-12-13)10-4-2-3-8(10)15-10/h5,8H,2-4,6H2,1H3/t8-,10-/m1/s1. The zero-order chi connectivity index (χ0) is 10.5. The van der Waals surface area contributed by atoms with Crippen LogP contribution in [0.3, 0.4) is 0 Å². The van der Waals surface area contributed by atoms with Crippen molar-refractivity contribution in [3.05, 3.63) is 16.4 Å². The molecule has 2 aliphatic rings. The lowest BCUT2D eigenvalue weighted by Crippen LogP contribution is -2.17. The van der Waals surface area contributed by atoms with Crippen LogP contribution in [0.2, 0.25) is 0 Å². The predicted molar refractivity (Wildman–Crippen MR) is 57.3 cm³/mol. The van der Waals surface area contributed by atoms with Gasteiger partial charge in [-0.05, 0) is 35.2 Å². The Kier molecular flexibility index (Phi) is 2.16. The van der Waals surface area contributed by atoms with E-state index in [1.165, 1.54) is 12.8 Å². The molecule has 1 aromatic rings. The third-order valence-corrected chi connectivity index (χ3v) is 3.86. The van der Waals surface area contributed by atoms with Gasteiger partial charge in [0, 0.05) is 7.11 Å². The van der Waals surface area contributed by atoms with Crippen molar-refractivity contribution in [1.29, 1.82) is 0 Å². The summed E-state index contributed by atoms with van der Waals surface area (Å²) in [5, 5.41) is 4.29. The van der Waals surface area contributed by atoms with E-state index in [-0.39, 0.29) is 5.60 Å². The van der Waals surface area contributed by atoms with Crippen molar-refractivity contribution in [3.8, 4) is 0 Å². The van der Waals surface area contributed by atoms with Crippen LogP contribution in [0.25, 0.3) is 0 Å². The molecule has 15 heavy (non-hydrogen) atoms. The van der Waals surface area contributed by atoms with Gasteiger partial charge in [0.05, 0.1) is 22.5 Å². The molecule has 1 aliphatic carbocycles. The molecule has 0 aromatic carbocycles. The van der Waals surface area contributed by atoms with Gasteiger partial charge in [0.1, 0.15) is 12.3 Å². The van der Waals surface area contributed by atoms with Gasteiger partial charge in [-0.15, -0.1) is 0 Å². The van der Waals surface area contributed by atoms with Crippen molar-refractivity contribution in [1.82, 2.24) is 9.78 Å². The Morgan fingerprint density at radius 2 is 2.67 bits per heavy atom. The highest BCUT2D eigenvalue weighted by molar-refractivity contribution is 9.10. The normalized spacial score (nSPS) is 33.1. The van der Waals surface area contributed by atoms with Crippen molar-refractivity contribution in [2.24, 2.45) is 0 Å². The van der Waals surface area contributed by atoms with Crippen LogP contribution in [0, 0.1) is 0 Å². The van der Waals surface area contributed by atoms with E-state index in [4.69, 9.17) is 9.47 Å². The van der Waals surface area contributed by atoms with Gasteiger partial charge in [0.2, 0.25) is 0 Å². The van der Waals surface area contributed by atoms with Gasteiger partial charge in [-0.2, -0.15) is 5.10 Å². The van der Waals surface area contributed by atoms with Crippen LogP contribution >= 0.6 is 15.9 Å². The summed E-state index contributed by atoms with van der Waals surface area (Å²) >= 11 is 3.54. The second-order valence-corrected chi connectivity index (χ2v) is 5.00. The first kappa shape index (κ1) is 9.81. The summed E-state index contributed by atoms with van der Waals surface area (Å²) in [7, 11) is 1.68. The molecule has 0 N–H and O–H groups in total. The summed E-state index contributed by atoms with van der Waals surface area (Å²) in [6.07, 6.45) is 5.74. The summed E-state index contributed by atoms with van der Waals surface area (Å²) in [6.45, 7) is 0.485. The van der Waals surface area contributed by atoms with Crippen LogP contribution in [0.1, 0.15) is 25.0 Å². The molecule has 2 heterocycles. The highest BCUT2D eigenvalue weighted by Crippen LogP contribution is 2.58. The van der Waals surface area contributed by atoms with E-state index in [0.717, 1.165) is 16.6 Å². The maximum absolute atomic E-state index is 5.81. The van der Waals surface area contributed by atoms with Crippen LogP contribution < -0.4 is 0 Å². The number of hydrogen-bond acceptors (Lipinski definition) is 3. The van der Waals surface area contributed by atoms with Gasteiger partial charge >= 0.3 is 0 Å². The molecule has 4 nitrogen and oxygen atoms in total. The van der Waals surface area contributed by atoms with E-state index in [2.05, 4.69) is 21.0 Å². The summed E-state index contributed by atoms with van der Waals surface area (Å²) in [5.74, 6) is 0. The zero-order valence-corrected chi connectivity index (χ0v) is 10.2. The Morgan fingerprint density at radius 3 is 3.27 bits per heavy atom. The SMILES string of the molecule is COCn1ncc(Br)c1[C@@]12CCC[C@H]1O2. The maximum atomic E-state index is 5.81. The van der Waals surface area contributed by atoms with E-state index in [1.54, 1.807) is 7.11 Å². The van der Waals surface area contributed by atoms with E-state index in [9.17, 15) is 0 Å². The van der Waals surface area contributed by atoms with E-state index >= 15 is 0 Å². The maximum Gasteiger partial charge on any atom is 0.139 e. The Labute approximate surface area is 96.7 Å². The minimum Gasteiger partial charge on any atom is -0.362 e. The fourth-order valence-corrected chi connectivity index (χ4v) is 3.24. The van der Waals surface area contributed by atoms with Crippen LogP contribution in [0.4, 0.5) is 0 Å². The highest BCUT2D eigenvalue weighted by Gasteiger charge is 2.62. The molecule has 3 rings (SSSR count). The number of aromatic nitrogens is 2. The molecule has 0 unspecified atom stereocenters. The van der Waals surface area contributed by atoms with Crippen molar-refractivity contribution in [3.63, 3.8) is 0 Å². The first-order chi connectivity index (χ1) is 7.28. The lowest BCUT2D eigenvalue weighted by Gasteiger charge is -2.12. The average molecular weight is 273 g/mol. The van der Waals surface area contributed by atoms with Gasteiger partial charge in [0.15, 0.2) is 0 Å². The largest absolute Gasteiger partial charge is 0.362 e. The molecular formula is C10H13BrN2O2. The quantitative estimate of drug-likeness (QED) is 0.791. The van der Waals surface area contributed by atoms with Gasteiger partial charge in [-0.25, -0.2) is 4.68 Å².